The number of ether oxygens (including phenoxy) is 2. The van der Waals surface area contributed by atoms with Crippen LogP contribution in [-0.2, 0) is 17.8 Å². The summed E-state index contributed by atoms with van der Waals surface area (Å²) in [5.74, 6) is 1.54. The molecule has 0 heterocycles. The summed E-state index contributed by atoms with van der Waals surface area (Å²) in [7, 11) is 0. The lowest BCUT2D eigenvalue weighted by Gasteiger charge is -2.11. The van der Waals surface area contributed by atoms with Crippen molar-refractivity contribution in [2.75, 3.05) is 0 Å². The number of para-hydroxylation sites is 1. The fourth-order valence-electron chi connectivity index (χ4n) is 2.77. The third-order valence-corrected chi connectivity index (χ3v) is 4.21. The van der Waals surface area contributed by atoms with Crippen LogP contribution in [0.15, 0.2) is 72.8 Å². The van der Waals surface area contributed by atoms with Gasteiger partial charge in [-0.3, -0.25) is 4.79 Å². The lowest BCUT2D eigenvalue weighted by atomic mass is 10.0. The molecule has 0 radical (unpaired) electrons. The molecule has 0 aliphatic rings. The van der Waals surface area contributed by atoms with Crippen LogP contribution in [0.5, 0.6) is 17.2 Å². The van der Waals surface area contributed by atoms with Crippen molar-refractivity contribution in [1.82, 2.24) is 0 Å². The molecular formula is C23H22O4. The van der Waals surface area contributed by atoms with Gasteiger partial charge in [0, 0.05) is 6.42 Å². The van der Waals surface area contributed by atoms with Gasteiger partial charge in [-0.1, -0.05) is 36.4 Å². The first-order chi connectivity index (χ1) is 13.1. The van der Waals surface area contributed by atoms with Crippen LogP contribution in [0.3, 0.4) is 0 Å². The monoisotopic (exact) mass is 362 g/mol. The summed E-state index contributed by atoms with van der Waals surface area (Å²) in [5, 5.41) is 8.81. The molecule has 3 aromatic carbocycles. The van der Waals surface area contributed by atoms with Crippen LogP contribution < -0.4 is 9.47 Å². The summed E-state index contributed by atoms with van der Waals surface area (Å²) in [5.41, 5.74) is 3.08. The van der Waals surface area contributed by atoms with Crippen LogP contribution in [0.4, 0.5) is 0 Å². The number of aryl methyl sites for hydroxylation is 2. The molecule has 4 heteroatoms. The van der Waals surface area contributed by atoms with Crippen LogP contribution in [-0.4, -0.2) is 11.1 Å². The van der Waals surface area contributed by atoms with Crippen LogP contribution >= 0.6 is 0 Å². The number of benzene rings is 3. The van der Waals surface area contributed by atoms with E-state index in [2.05, 4.69) is 0 Å². The van der Waals surface area contributed by atoms with Crippen molar-refractivity contribution < 1.29 is 19.4 Å². The van der Waals surface area contributed by atoms with E-state index in [0.29, 0.717) is 13.0 Å². The van der Waals surface area contributed by atoms with Crippen molar-refractivity contribution in [2.45, 2.75) is 26.4 Å². The number of carbonyl (C=O) groups is 1. The van der Waals surface area contributed by atoms with Crippen molar-refractivity contribution in [3.8, 4) is 17.2 Å². The van der Waals surface area contributed by atoms with Crippen molar-refractivity contribution in [3.63, 3.8) is 0 Å². The quantitative estimate of drug-likeness (QED) is 0.584. The Hall–Kier alpha value is -3.27. The Balaban J connectivity index is 1.60. The van der Waals surface area contributed by atoms with Crippen molar-refractivity contribution in [1.29, 1.82) is 0 Å². The summed E-state index contributed by atoms with van der Waals surface area (Å²) >= 11 is 0. The summed E-state index contributed by atoms with van der Waals surface area (Å²) in [6.07, 6.45) is 0.662. The molecule has 0 unspecified atom stereocenters. The van der Waals surface area contributed by atoms with Gasteiger partial charge in [-0.2, -0.15) is 0 Å². The number of aliphatic carboxylic acids is 1. The van der Waals surface area contributed by atoms with Gasteiger partial charge in [0.1, 0.15) is 23.9 Å². The van der Waals surface area contributed by atoms with Gasteiger partial charge in [-0.25, -0.2) is 0 Å². The topological polar surface area (TPSA) is 55.8 Å². The van der Waals surface area contributed by atoms with Gasteiger partial charge in [-0.05, 0) is 66.4 Å². The molecule has 138 valence electrons. The normalized spacial score (nSPS) is 10.4. The third kappa shape index (κ3) is 5.61. The number of carboxylic acids is 1. The molecule has 0 spiro atoms. The molecule has 0 aliphatic carbocycles. The van der Waals surface area contributed by atoms with Crippen molar-refractivity contribution in [3.05, 3.63) is 89.5 Å². The highest BCUT2D eigenvalue weighted by molar-refractivity contribution is 5.67. The van der Waals surface area contributed by atoms with E-state index in [1.807, 2.05) is 79.7 Å². The second kappa shape index (κ2) is 8.90. The Bertz CT molecular complexity index is 903. The fourth-order valence-corrected chi connectivity index (χ4v) is 2.77. The molecule has 3 rings (SSSR count). The largest absolute Gasteiger partial charge is 0.489 e. The summed E-state index contributed by atoms with van der Waals surface area (Å²) < 4.78 is 11.7. The average Bonchev–Trinajstić information content (AvgIpc) is 2.66. The van der Waals surface area contributed by atoms with Gasteiger partial charge in [-0.15, -0.1) is 0 Å². The first kappa shape index (κ1) is 18.5. The van der Waals surface area contributed by atoms with Gasteiger partial charge in [0.25, 0.3) is 0 Å². The Morgan fingerprint density at radius 2 is 1.67 bits per heavy atom. The molecule has 0 atom stereocenters. The second-order valence-electron chi connectivity index (χ2n) is 6.33. The number of rotatable bonds is 8. The SMILES string of the molecule is Cc1cc(OCc2cccc(Oc3ccccc3)c2)ccc1CCC(=O)O. The molecule has 4 nitrogen and oxygen atoms in total. The van der Waals surface area contributed by atoms with Crippen LogP contribution in [0.1, 0.15) is 23.1 Å². The van der Waals surface area contributed by atoms with E-state index >= 15 is 0 Å². The minimum absolute atomic E-state index is 0.134. The molecule has 0 aromatic heterocycles. The van der Waals surface area contributed by atoms with E-state index in [1.165, 1.54) is 0 Å². The molecule has 27 heavy (non-hydrogen) atoms. The Morgan fingerprint density at radius 3 is 2.41 bits per heavy atom. The van der Waals surface area contributed by atoms with Crippen molar-refractivity contribution in [2.24, 2.45) is 0 Å². The highest BCUT2D eigenvalue weighted by Crippen LogP contribution is 2.23. The lowest BCUT2D eigenvalue weighted by molar-refractivity contribution is -0.136. The molecule has 0 fully saturated rings. The fraction of sp³-hybridized carbons (Fsp3) is 0.174. The molecule has 0 saturated heterocycles. The van der Waals surface area contributed by atoms with Gasteiger partial charge in [0.15, 0.2) is 0 Å². The molecule has 0 saturated carbocycles. The Kier molecular flexibility index (Phi) is 6.10. The lowest BCUT2D eigenvalue weighted by Crippen LogP contribution is -2.00. The molecule has 3 aromatic rings. The van der Waals surface area contributed by atoms with E-state index < -0.39 is 5.97 Å². The van der Waals surface area contributed by atoms with E-state index in [4.69, 9.17) is 14.6 Å². The summed E-state index contributed by atoms with van der Waals surface area (Å²) in [6, 6.07) is 23.2. The zero-order valence-electron chi connectivity index (χ0n) is 15.2. The Morgan fingerprint density at radius 1 is 0.889 bits per heavy atom. The average molecular weight is 362 g/mol. The maximum absolute atomic E-state index is 10.7. The summed E-state index contributed by atoms with van der Waals surface area (Å²) in [6.45, 7) is 2.40. The molecule has 0 aliphatic heterocycles. The van der Waals surface area contributed by atoms with E-state index in [-0.39, 0.29) is 6.42 Å². The second-order valence-corrected chi connectivity index (χ2v) is 6.33. The van der Waals surface area contributed by atoms with Gasteiger partial charge < -0.3 is 14.6 Å². The van der Waals surface area contributed by atoms with Crippen LogP contribution in [0, 0.1) is 6.92 Å². The highest BCUT2D eigenvalue weighted by Gasteiger charge is 2.05. The van der Waals surface area contributed by atoms with Crippen LogP contribution in [0.25, 0.3) is 0 Å². The smallest absolute Gasteiger partial charge is 0.303 e. The highest BCUT2D eigenvalue weighted by atomic mass is 16.5. The number of carboxylic acid groups (broad SMARTS) is 1. The third-order valence-electron chi connectivity index (χ3n) is 4.21. The predicted octanol–water partition coefficient (Wildman–Crippen LogP) is 5.38. The molecule has 1 N–H and O–H groups in total. The molecule has 0 bridgehead atoms. The standard InChI is InChI=1S/C23H22O4/c1-17-14-21(12-10-19(17)11-13-23(24)25)26-16-18-6-5-9-22(15-18)27-20-7-3-2-4-8-20/h2-10,12,14-15H,11,13,16H2,1H3,(H,24,25). The van der Waals surface area contributed by atoms with Gasteiger partial charge in [0.2, 0.25) is 0 Å². The first-order valence-electron chi connectivity index (χ1n) is 8.86. The maximum atomic E-state index is 10.7. The zero-order valence-corrected chi connectivity index (χ0v) is 15.2. The van der Waals surface area contributed by atoms with Crippen LogP contribution in [0.2, 0.25) is 0 Å². The van der Waals surface area contributed by atoms with Crippen molar-refractivity contribution >= 4 is 5.97 Å². The minimum atomic E-state index is -0.785. The molecular weight excluding hydrogens is 340 g/mol. The van der Waals surface area contributed by atoms with E-state index in [9.17, 15) is 4.79 Å². The maximum Gasteiger partial charge on any atom is 0.303 e. The van der Waals surface area contributed by atoms with E-state index in [0.717, 1.165) is 33.9 Å². The number of hydrogen-bond acceptors (Lipinski definition) is 3. The molecule has 0 amide bonds. The summed E-state index contributed by atoms with van der Waals surface area (Å²) in [4.78, 5) is 10.7. The van der Waals surface area contributed by atoms with Gasteiger partial charge >= 0.3 is 5.97 Å². The van der Waals surface area contributed by atoms with Gasteiger partial charge in [0.05, 0.1) is 0 Å². The predicted molar refractivity (Wildman–Crippen MR) is 104 cm³/mol. The number of hydrogen-bond donors (Lipinski definition) is 1. The Labute approximate surface area is 159 Å². The van der Waals surface area contributed by atoms with E-state index in [1.54, 1.807) is 0 Å². The minimum Gasteiger partial charge on any atom is -0.489 e. The first-order valence-corrected chi connectivity index (χ1v) is 8.86. The zero-order chi connectivity index (χ0) is 19.1.